The van der Waals surface area contributed by atoms with Gasteiger partial charge in [-0.3, -0.25) is 0 Å². The summed E-state index contributed by atoms with van der Waals surface area (Å²) in [5.74, 6) is -0.00847. The third-order valence-corrected chi connectivity index (χ3v) is 4.83. The van der Waals surface area contributed by atoms with E-state index in [0.29, 0.717) is 11.3 Å². The van der Waals surface area contributed by atoms with Crippen LogP contribution in [0.1, 0.15) is 46.2 Å². The second-order valence-electron chi connectivity index (χ2n) is 6.52. The third kappa shape index (κ3) is 6.54. The molecule has 1 rings (SSSR count). The molecule has 0 bridgehead atoms. The molecule has 0 saturated heterocycles. The van der Waals surface area contributed by atoms with Crippen LogP contribution in [0.4, 0.5) is 9.18 Å². The van der Waals surface area contributed by atoms with Gasteiger partial charge in [-0.1, -0.05) is 0 Å². The maximum atomic E-state index is 13.6. The second-order valence-corrected chi connectivity index (χ2v) is 8.52. The molecule has 0 aliphatic rings. The van der Waals surface area contributed by atoms with Crippen LogP contribution in [-0.2, 0) is 11.4 Å². The highest BCUT2D eigenvalue weighted by Crippen LogP contribution is 2.29. The van der Waals surface area contributed by atoms with Gasteiger partial charge in [-0.15, -0.1) is 4.72 Å². The highest BCUT2D eigenvalue weighted by Gasteiger charge is 2.29. The summed E-state index contributed by atoms with van der Waals surface area (Å²) in [4.78, 5) is 10.5. The van der Waals surface area contributed by atoms with Gasteiger partial charge >= 0.3 is 6.09 Å². The van der Waals surface area contributed by atoms with E-state index in [0.717, 1.165) is 0 Å². The Morgan fingerprint density at radius 2 is 2.04 bits per heavy atom. The first-order valence-corrected chi connectivity index (χ1v) is 8.76. The zero-order chi connectivity index (χ0) is 18.5. The first kappa shape index (κ1) is 20.5. The molecule has 136 valence electrons. The Kier molecular flexibility index (Phi) is 7.31. The van der Waals surface area contributed by atoms with Crippen LogP contribution in [0.3, 0.4) is 0 Å². The average molecular weight is 360 g/mol. The maximum Gasteiger partial charge on any atom is 0.404 e. The molecule has 1 aromatic carbocycles. The summed E-state index contributed by atoms with van der Waals surface area (Å²) >= 11 is -1.32. The molecular formula is C16H25FN2O4S. The SMILES string of the molecule is CC(CNC(=O)O)Oc1ccc(F)cc1C(C)N[S+]([O-])C(C)(C)C. The Labute approximate surface area is 145 Å². The minimum absolute atomic E-state index is 0.0991. The summed E-state index contributed by atoms with van der Waals surface area (Å²) in [5, 5.41) is 10.9. The van der Waals surface area contributed by atoms with E-state index in [4.69, 9.17) is 9.84 Å². The fraction of sp³-hybridized carbons (Fsp3) is 0.562. The molecule has 1 aromatic rings. The highest BCUT2D eigenvalue weighted by molar-refractivity contribution is 7.90. The van der Waals surface area contributed by atoms with Crippen molar-refractivity contribution in [2.45, 2.75) is 51.5 Å². The molecule has 0 spiro atoms. The summed E-state index contributed by atoms with van der Waals surface area (Å²) < 4.78 is 34.0. The lowest BCUT2D eigenvalue weighted by atomic mass is 10.1. The highest BCUT2D eigenvalue weighted by atomic mass is 32.2. The van der Waals surface area contributed by atoms with Crippen molar-refractivity contribution in [3.63, 3.8) is 0 Å². The minimum Gasteiger partial charge on any atom is -0.598 e. The topological polar surface area (TPSA) is 93.7 Å². The maximum absolute atomic E-state index is 13.6. The molecule has 0 aliphatic carbocycles. The van der Waals surface area contributed by atoms with Gasteiger partial charge in [-0.2, -0.15) is 0 Å². The number of amides is 1. The van der Waals surface area contributed by atoms with Crippen LogP contribution >= 0.6 is 0 Å². The standard InChI is InChI=1S/C16H25FN2O4S/c1-10(9-18-15(20)21)23-14-7-6-12(17)8-13(14)11(2)19-24(22)16(3,4)5/h6-8,10-11,18-19H,9H2,1-5H3,(H,20,21). The number of nitrogens with one attached hydrogen (secondary N) is 2. The van der Waals surface area contributed by atoms with Crippen molar-refractivity contribution in [3.05, 3.63) is 29.6 Å². The Morgan fingerprint density at radius 3 is 2.58 bits per heavy atom. The monoisotopic (exact) mass is 360 g/mol. The van der Waals surface area contributed by atoms with Crippen molar-refractivity contribution < 1.29 is 23.6 Å². The largest absolute Gasteiger partial charge is 0.598 e. The predicted molar refractivity (Wildman–Crippen MR) is 92.0 cm³/mol. The number of hydrogen-bond acceptors (Lipinski definition) is 4. The van der Waals surface area contributed by atoms with Crippen molar-refractivity contribution in [2.24, 2.45) is 0 Å². The van der Waals surface area contributed by atoms with E-state index in [9.17, 15) is 13.7 Å². The van der Waals surface area contributed by atoms with Crippen LogP contribution in [0.15, 0.2) is 18.2 Å². The van der Waals surface area contributed by atoms with Gasteiger partial charge in [0.1, 0.15) is 22.4 Å². The van der Waals surface area contributed by atoms with E-state index in [-0.39, 0.29) is 6.54 Å². The van der Waals surface area contributed by atoms with E-state index in [1.165, 1.54) is 18.2 Å². The molecule has 3 unspecified atom stereocenters. The summed E-state index contributed by atoms with van der Waals surface area (Å²) in [7, 11) is 0. The van der Waals surface area contributed by atoms with Crippen LogP contribution in [0.2, 0.25) is 0 Å². The second kappa shape index (κ2) is 8.55. The van der Waals surface area contributed by atoms with E-state index < -0.39 is 40.2 Å². The van der Waals surface area contributed by atoms with Crippen molar-refractivity contribution in [3.8, 4) is 5.75 Å². The van der Waals surface area contributed by atoms with Gasteiger partial charge in [0.25, 0.3) is 0 Å². The van der Waals surface area contributed by atoms with Gasteiger partial charge in [0, 0.05) is 16.9 Å². The predicted octanol–water partition coefficient (Wildman–Crippen LogP) is 2.97. The Balaban J connectivity index is 2.89. The van der Waals surface area contributed by atoms with Crippen molar-refractivity contribution in [2.75, 3.05) is 6.54 Å². The van der Waals surface area contributed by atoms with Gasteiger partial charge in [0.2, 0.25) is 0 Å². The minimum atomic E-state index is -1.32. The van der Waals surface area contributed by atoms with Crippen LogP contribution < -0.4 is 14.8 Å². The zero-order valence-electron chi connectivity index (χ0n) is 14.6. The lowest BCUT2D eigenvalue weighted by Gasteiger charge is -2.27. The molecule has 0 aromatic heterocycles. The van der Waals surface area contributed by atoms with Crippen LogP contribution in [0.5, 0.6) is 5.75 Å². The Hall–Kier alpha value is -1.51. The number of carbonyl (C=O) groups is 1. The Bertz CT molecular complexity index is 565. The number of halogens is 1. The zero-order valence-corrected chi connectivity index (χ0v) is 15.4. The quantitative estimate of drug-likeness (QED) is 0.650. The molecule has 8 heteroatoms. The van der Waals surface area contributed by atoms with Crippen molar-refractivity contribution in [1.29, 1.82) is 0 Å². The number of rotatable bonds is 7. The molecule has 24 heavy (non-hydrogen) atoms. The van der Waals surface area contributed by atoms with E-state index >= 15 is 0 Å². The molecule has 0 aliphatic heterocycles. The third-order valence-electron chi connectivity index (χ3n) is 3.15. The van der Waals surface area contributed by atoms with Gasteiger partial charge in [0.15, 0.2) is 0 Å². The molecule has 0 saturated carbocycles. The lowest BCUT2D eigenvalue weighted by molar-refractivity contribution is 0.177. The normalized spacial score (nSPS) is 15.5. The van der Waals surface area contributed by atoms with Crippen LogP contribution in [0, 0.1) is 5.82 Å². The fourth-order valence-electron chi connectivity index (χ4n) is 1.86. The molecule has 3 N–H and O–H groups in total. The summed E-state index contributed by atoms with van der Waals surface area (Å²) in [5.41, 5.74) is 0.523. The summed E-state index contributed by atoms with van der Waals surface area (Å²) in [6.45, 7) is 9.09. The molecule has 1 amide bonds. The number of benzene rings is 1. The van der Waals surface area contributed by atoms with Crippen molar-refractivity contribution in [1.82, 2.24) is 10.0 Å². The van der Waals surface area contributed by atoms with E-state index in [2.05, 4.69) is 10.0 Å². The average Bonchev–Trinajstić information content (AvgIpc) is 2.45. The van der Waals surface area contributed by atoms with Gasteiger partial charge in [0.05, 0.1) is 12.6 Å². The van der Waals surface area contributed by atoms with Crippen molar-refractivity contribution >= 4 is 17.5 Å². The molecule has 0 radical (unpaired) electrons. The first-order valence-electron chi connectivity index (χ1n) is 7.61. The molecule has 0 heterocycles. The van der Waals surface area contributed by atoms with Crippen LogP contribution in [0.25, 0.3) is 0 Å². The first-order chi connectivity index (χ1) is 11.0. The Morgan fingerprint density at radius 1 is 1.42 bits per heavy atom. The number of hydrogen-bond donors (Lipinski definition) is 3. The number of carboxylic acid groups (broad SMARTS) is 1. The summed E-state index contributed by atoms with van der Waals surface area (Å²) in [6, 6.07) is 3.67. The number of ether oxygens (including phenoxy) is 1. The van der Waals surface area contributed by atoms with E-state index in [1.807, 2.05) is 20.8 Å². The molecule has 3 atom stereocenters. The van der Waals surface area contributed by atoms with Gasteiger partial charge in [-0.05, 0) is 52.8 Å². The molecule has 6 nitrogen and oxygen atoms in total. The van der Waals surface area contributed by atoms with Crippen LogP contribution in [-0.4, -0.2) is 33.1 Å². The fourth-order valence-corrected chi connectivity index (χ4v) is 2.66. The molecule has 0 fully saturated rings. The summed E-state index contributed by atoms with van der Waals surface area (Å²) in [6.07, 6.45) is -1.58. The van der Waals surface area contributed by atoms with Gasteiger partial charge < -0.3 is 19.7 Å². The molecular weight excluding hydrogens is 335 g/mol. The smallest absolute Gasteiger partial charge is 0.404 e. The van der Waals surface area contributed by atoms with Gasteiger partial charge in [-0.25, -0.2) is 9.18 Å². The lowest BCUT2D eigenvalue weighted by Crippen LogP contribution is -2.40. The van der Waals surface area contributed by atoms with E-state index in [1.54, 1.807) is 13.8 Å².